The van der Waals surface area contributed by atoms with E-state index in [1.165, 1.54) is 18.4 Å². The Kier molecular flexibility index (Phi) is 6.92. The number of rotatable bonds is 5. The van der Waals surface area contributed by atoms with Gasteiger partial charge in [-0.25, -0.2) is 4.79 Å². The van der Waals surface area contributed by atoms with E-state index < -0.39 is 0 Å². The molecular weight excluding hydrogens is 326 g/mol. The van der Waals surface area contributed by atoms with Crippen LogP contribution in [0.1, 0.15) is 45.1 Å². The number of carbonyl (C=O) groups excluding carboxylic acids is 1. The maximum Gasteiger partial charge on any atom is 0.407 e. The topological polar surface area (TPSA) is 44.8 Å². The number of carbonyl (C=O) groups is 1. The molecule has 2 atom stereocenters. The van der Waals surface area contributed by atoms with Gasteiger partial charge in [0, 0.05) is 44.8 Å². The first-order valence-electron chi connectivity index (χ1n) is 10.1. The number of ether oxygens (including phenoxy) is 1. The lowest BCUT2D eigenvalue weighted by molar-refractivity contribution is 0.0651. The normalized spacial score (nSPS) is 25.2. The van der Waals surface area contributed by atoms with Crippen LogP contribution >= 0.6 is 0 Å². The van der Waals surface area contributed by atoms with Crippen molar-refractivity contribution < 1.29 is 9.53 Å². The van der Waals surface area contributed by atoms with E-state index in [1.54, 1.807) is 0 Å². The molecule has 5 heteroatoms. The average molecular weight is 360 g/mol. The molecule has 0 spiro atoms. The molecule has 3 rings (SSSR count). The van der Waals surface area contributed by atoms with Gasteiger partial charge in [-0.3, -0.25) is 9.80 Å². The molecule has 2 aliphatic rings. The van der Waals surface area contributed by atoms with Crippen LogP contribution in [-0.2, 0) is 11.3 Å². The molecule has 2 fully saturated rings. The minimum absolute atomic E-state index is 0.0629. The van der Waals surface area contributed by atoms with Gasteiger partial charge in [0.25, 0.3) is 0 Å². The number of nitrogens with zero attached hydrogens (tertiary/aromatic N) is 2. The van der Waals surface area contributed by atoms with Crippen LogP contribution in [0.3, 0.4) is 0 Å². The Balaban J connectivity index is 1.43. The van der Waals surface area contributed by atoms with Gasteiger partial charge in [0.05, 0.1) is 6.10 Å². The fourth-order valence-corrected chi connectivity index (χ4v) is 4.17. The molecule has 1 saturated heterocycles. The van der Waals surface area contributed by atoms with E-state index >= 15 is 0 Å². The van der Waals surface area contributed by atoms with Gasteiger partial charge in [-0.1, -0.05) is 30.3 Å². The van der Waals surface area contributed by atoms with Crippen LogP contribution in [-0.4, -0.2) is 60.3 Å². The monoisotopic (exact) mass is 359 g/mol. The highest BCUT2D eigenvalue weighted by Gasteiger charge is 2.30. The Morgan fingerprint density at radius 2 is 1.88 bits per heavy atom. The summed E-state index contributed by atoms with van der Waals surface area (Å²) in [7, 11) is 0. The molecule has 1 aromatic rings. The third-order valence-corrected chi connectivity index (χ3v) is 5.48. The number of alkyl carbamates (subject to hydrolysis) is 1. The second-order valence-corrected chi connectivity index (χ2v) is 7.91. The molecule has 1 N–H and O–H groups in total. The fraction of sp³-hybridized carbons (Fsp3) is 0.667. The first-order valence-corrected chi connectivity index (χ1v) is 10.1. The Morgan fingerprint density at radius 1 is 1.15 bits per heavy atom. The quantitative estimate of drug-likeness (QED) is 0.876. The van der Waals surface area contributed by atoms with Crippen molar-refractivity contribution >= 4 is 6.09 Å². The third-order valence-electron chi connectivity index (χ3n) is 5.48. The van der Waals surface area contributed by atoms with Crippen LogP contribution < -0.4 is 5.32 Å². The summed E-state index contributed by atoms with van der Waals surface area (Å²) in [5.74, 6) is 0. The second kappa shape index (κ2) is 9.38. The van der Waals surface area contributed by atoms with E-state index in [-0.39, 0.29) is 18.2 Å². The first kappa shape index (κ1) is 19.2. The Labute approximate surface area is 157 Å². The minimum atomic E-state index is -0.265. The lowest BCUT2D eigenvalue weighted by Crippen LogP contribution is -2.53. The molecule has 1 heterocycles. The van der Waals surface area contributed by atoms with Crippen molar-refractivity contribution in [3.63, 3.8) is 0 Å². The average Bonchev–Trinajstić information content (AvgIpc) is 2.63. The summed E-state index contributed by atoms with van der Waals surface area (Å²) in [4.78, 5) is 17.0. The van der Waals surface area contributed by atoms with Crippen LogP contribution in [0.2, 0.25) is 0 Å². The molecule has 1 aliphatic heterocycles. The molecule has 0 unspecified atom stereocenters. The smallest absolute Gasteiger partial charge is 0.407 e. The zero-order valence-electron chi connectivity index (χ0n) is 16.2. The van der Waals surface area contributed by atoms with Gasteiger partial charge >= 0.3 is 6.09 Å². The maximum atomic E-state index is 11.9. The summed E-state index contributed by atoms with van der Waals surface area (Å²) in [6.07, 6.45) is 4.21. The zero-order valence-corrected chi connectivity index (χ0v) is 16.2. The number of amides is 1. The summed E-state index contributed by atoms with van der Waals surface area (Å²) in [5.41, 5.74) is 1.39. The molecule has 5 nitrogen and oxygen atoms in total. The Bertz CT molecular complexity index is 556. The third kappa shape index (κ3) is 5.71. The van der Waals surface area contributed by atoms with Gasteiger partial charge in [-0.05, 0) is 45.1 Å². The van der Waals surface area contributed by atoms with E-state index in [0.29, 0.717) is 6.04 Å². The van der Waals surface area contributed by atoms with Crippen molar-refractivity contribution in [3.05, 3.63) is 35.9 Å². The first-order chi connectivity index (χ1) is 12.6. The van der Waals surface area contributed by atoms with Gasteiger partial charge in [0.1, 0.15) is 0 Å². The van der Waals surface area contributed by atoms with Gasteiger partial charge in [-0.2, -0.15) is 0 Å². The molecule has 26 heavy (non-hydrogen) atoms. The van der Waals surface area contributed by atoms with Crippen molar-refractivity contribution in [2.45, 2.75) is 64.3 Å². The minimum Gasteiger partial charge on any atom is -0.447 e. The number of hydrogen-bond donors (Lipinski definition) is 1. The second-order valence-electron chi connectivity index (χ2n) is 7.91. The van der Waals surface area contributed by atoms with Gasteiger partial charge in [-0.15, -0.1) is 0 Å². The van der Waals surface area contributed by atoms with Crippen LogP contribution in [0.5, 0.6) is 0 Å². The van der Waals surface area contributed by atoms with Crippen LogP contribution in [0.25, 0.3) is 0 Å². The fourth-order valence-electron chi connectivity index (χ4n) is 4.17. The number of piperazine rings is 1. The highest BCUT2D eigenvalue weighted by atomic mass is 16.6. The standard InChI is InChI=1S/C21H33N3O2/c1-17(2)26-21(25)22-19-9-6-10-20(15-19)24-13-11-23(12-14-24)16-18-7-4-3-5-8-18/h3-5,7-8,17,19-20H,6,9-16H2,1-2H3,(H,22,25)/t19-,20+/m1/s1. The number of benzene rings is 1. The van der Waals surface area contributed by atoms with Crippen LogP contribution in [0.15, 0.2) is 30.3 Å². The van der Waals surface area contributed by atoms with Crippen LogP contribution in [0, 0.1) is 0 Å². The molecule has 0 bridgehead atoms. The summed E-state index contributed by atoms with van der Waals surface area (Å²) in [6.45, 7) is 9.32. The summed E-state index contributed by atoms with van der Waals surface area (Å²) >= 11 is 0. The van der Waals surface area contributed by atoms with Crippen molar-refractivity contribution in [1.82, 2.24) is 15.1 Å². The zero-order chi connectivity index (χ0) is 18.4. The lowest BCUT2D eigenvalue weighted by Gasteiger charge is -2.42. The highest BCUT2D eigenvalue weighted by Crippen LogP contribution is 2.24. The number of hydrogen-bond acceptors (Lipinski definition) is 4. The van der Waals surface area contributed by atoms with Gasteiger partial charge in [0.2, 0.25) is 0 Å². The number of nitrogens with one attached hydrogen (secondary N) is 1. The Hall–Kier alpha value is -1.59. The van der Waals surface area contributed by atoms with E-state index in [2.05, 4.69) is 45.4 Å². The summed E-state index contributed by atoms with van der Waals surface area (Å²) in [6, 6.07) is 11.6. The van der Waals surface area contributed by atoms with Crippen molar-refractivity contribution in [2.75, 3.05) is 26.2 Å². The summed E-state index contributed by atoms with van der Waals surface area (Å²) < 4.78 is 5.23. The molecule has 1 aliphatic carbocycles. The van der Waals surface area contributed by atoms with E-state index in [4.69, 9.17) is 4.74 Å². The molecule has 1 amide bonds. The van der Waals surface area contributed by atoms with E-state index in [0.717, 1.165) is 45.6 Å². The van der Waals surface area contributed by atoms with Gasteiger partial charge in [0.15, 0.2) is 0 Å². The molecule has 0 radical (unpaired) electrons. The lowest BCUT2D eigenvalue weighted by atomic mass is 9.89. The highest BCUT2D eigenvalue weighted by molar-refractivity contribution is 5.67. The largest absolute Gasteiger partial charge is 0.447 e. The summed E-state index contributed by atoms with van der Waals surface area (Å²) in [5, 5.41) is 3.06. The maximum absolute atomic E-state index is 11.9. The molecular formula is C21H33N3O2. The molecule has 1 aromatic carbocycles. The van der Waals surface area contributed by atoms with E-state index in [1.807, 2.05) is 13.8 Å². The predicted molar refractivity (Wildman–Crippen MR) is 104 cm³/mol. The van der Waals surface area contributed by atoms with Crippen LogP contribution in [0.4, 0.5) is 4.79 Å². The van der Waals surface area contributed by atoms with Crippen molar-refractivity contribution in [3.8, 4) is 0 Å². The van der Waals surface area contributed by atoms with Crippen molar-refractivity contribution in [2.24, 2.45) is 0 Å². The van der Waals surface area contributed by atoms with Crippen molar-refractivity contribution in [1.29, 1.82) is 0 Å². The Morgan fingerprint density at radius 3 is 2.58 bits per heavy atom. The van der Waals surface area contributed by atoms with Gasteiger partial charge < -0.3 is 10.1 Å². The molecule has 0 aromatic heterocycles. The SMILES string of the molecule is CC(C)OC(=O)N[C@@H]1CCC[C@H](N2CCN(Cc3ccccc3)CC2)C1. The predicted octanol–water partition coefficient (Wildman–Crippen LogP) is 3.25. The molecule has 144 valence electrons. The molecule has 1 saturated carbocycles. The van der Waals surface area contributed by atoms with E-state index in [9.17, 15) is 4.79 Å².